The second-order valence-corrected chi connectivity index (χ2v) is 15.9. The maximum Gasteiger partial charge on any atom is 0.146 e. The predicted molar refractivity (Wildman–Crippen MR) is 143 cm³/mol. The number of hydrogen-bond acceptors (Lipinski definition) is 4. The Bertz CT molecular complexity index is 996. The Labute approximate surface area is 217 Å². The lowest BCUT2D eigenvalue weighted by Crippen LogP contribution is -2.43. The van der Waals surface area contributed by atoms with E-state index in [-0.39, 0.29) is 11.1 Å². The van der Waals surface area contributed by atoms with E-state index in [4.69, 9.17) is 15.3 Å². The average Bonchev–Trinajstić information content (AvgIpc) is 2.78. The van der Waals surface area contributed by atoms with Gasteiger partial charge in [-0.2, -0.15) is 0 Å². The van der Waals surface area contributed by atoms with Crippen LogP contribution in [0.2, 0.25) is 16.6 Å². The van der Waals surface area contributed by atoms with Gasteiger partial charge in [0.2, 0.25) is 0 Å². The topological polar surface area (TPSA) is 80.9 Å². The van der Waals surface area contributed by atoms with Gasteiger partial charge in [-0.15, -0.1) is 5.54 Å². The van der Waals surface area contributed by atoms with Crippen LogP contribution in [0.1, 0.15) is 70.4 Å². The molecular weight excluding hydrogens is 534 g/mol. The van der Waals surface area contributed by atoms with E-state index in [9.17, 15) is 13.9 Å². The largest absolute Gasteiger partial charge is 0.393 e. The highest BCUT2D eigenvalue weighted by Gasteiger charge is 2.41. The number of benzene rings is 2. The van der Waals surface area contributed by atoms with Gasteiger partial charge in [0.1, 0.15) is 31.9 Å². The molecule has 0 saturated carbocycles. The maximum absolute atomic E-state index is 14.1. The lowest BCUT2D eigenvalue weighted by molar-refractivity contribution is 0.0926. The van der Waals surface area contributed by atoms with E-state index in [0.29, 0.717) is 26.7 Å². The molecule has 2 rings (SSSR count). The lowest BCUT2D eigenvalue weighted by atomic mass is 10.1. The van der Waals surface area contributed by atoms with Gasteiger partial charge in [0, 0.05) is 21.2 Å². The van der Waals surface area contributed by atoms with Crippen LogP contribution < -0.4 is 0 Å². The molecule has 2 unspecified atom stereocenters. The van der Waals surface area contributed by atoms with Gasteiger partial charge in [-0.1, -0.05) is 75.5 Å². The first-order valence-electron chi connectivity index (χ1n) is 11.7. The van der Waals surface area contributed by atoms with Crippen molar-refractivity contribution in [3.8, 4) is 11.5 Å². The van der Waals surface area contributed by atoms with E-state index < -0.39 is 45.1 Å². The summed E-state index contributed by atoms with van der Waals surface area (Å²) in [5.74, 6) is 2.14. The van der Waals surface area contributed by atoms with Crippen molar-refractivity contribution in [2.24, 2.45) is 0 Å². The molecule has 0 heterocycles. The SMILES string of the molecule is CC(C)[Si](C#Cc1ccc(C(O)CO)c(F)c1)(C(C)C)C(C)C.OCC(O)c1ccc(Br)cc1F. The first kappa shape index (κ1) is 31.4. The number of aliphatic hydroxyl groups is 4. The first-order valence-corrected chi connectivity index (χ1v) is 14.7. The van der Waals surface area contributed by atoms with Crippen LogP contribution in [0.3, 0.4) is 0 Å². The Morgan fingerprint density at radius 1 is 0.771 bits per heavy atom. The molecular formula is C27H37BrF2O4Si. The molecule has 2 aromatic carbocycles. The van der Waals surface area contributed by atoms with Crippen LogP contribution in [0.5, 0.6) is 0 Å². The van der Waals surface area contributed by atoms with E-state index in [0.717, 1.165) is 0 Å². The first-order chi connectivity index (χ1) is 16.3. The van der Waals surface area contributed by atoms with Gasteiger partial charge in [0.25, 0.3) is 0 Å². The molecule has 4 N–H and O–H groups in total. The Morgan fingerprint density at radius 3 is 1.57 bits per heavy atom. The van der Waals surface area contributed by atoms with Crippen molar-refractivity contribution in [3.63, 3.8) is 0 Å². The van der Waals surface area contributed by atoms with Crippen molar-refractivity contribution in [2.45, 2.75) is 70.4 Å². The third-order valence-corrected chi connectivity index (χ3v) is 13.1. The normalized spacial score (nSPS) is 13.3. The predicted octanol–water partition coefficient (Wildman–Crippen LogP) is 6.03. The van der Waals surface area contributed by atoms with Gasteiger partial charge in [0.05, 0.1) is 13.2 Å². The quantitative estimate of drug-likeness (QED) is 0.242. The molecule has 0 saturated heterocycles. The molecule has 2 aromatic rings. The van der Waals surface area contributed by atoms with Gasteiger partial charge in [-0.05, 0) is 40.9 Å². The maximum atomic E-state index is 14.1. The third kappa shape index (κ3) is 8.21. The molecule has 0 spiro atoms. The smallest absolute Gasteiger partial charge is 0.146 e. The van der Waals surface area contributed by atoms with Gasteiger partial charge in [-0.3, -0.25) is 0 Å². The highest BCUT2D eigenvalue weighted by atomic mass is 79.9. The summed E-state index contributed by atoms with van der Waals surface area (Å²) >= 11 is 3.08. The Morgan fingerprint density at radius 2 is 1.20 bits per heavy atom. The second kappa shape index (κ2) is 14.2. The minimum Gasteiger partial charge on any atom is -0.393 e. The van der Waals surface area contributed by atoms with Crippen LogP contribution in [-0.2, 0) is 0 Å². The van der Waals surface area contributed by atoms with Crippen molar-refractivity contribution >= 4 is 24.0 Å². The van der Waals surface area contributed by atoms with Gasteiger partial charge >= 0.3 is 0 Å². The summed E-state index contributed by atoms with van der Waals surface area (Å²) in [6.07, 6.45) is -2.33. The van der Waals surface area contributed by atoms with Crippen LogP contribution in [0.25, 0.3) is 0 Å². The lowest BCUT2D eigenvalue weighted by Gasteiger charge is -2.38. The van der Waals surface area contributed by atoms with E-state index in [1.54, 1.807) is 12.1 Å². The zero-order chi connectivity index (χ0) is 26.9. The molecule has 194 valence electrons. The van der Waals surface area contributed by atoms with Crippen molar-refractivity contribution < 1.29 is 29.2 Å². The van der Waals surface area contributed by atoms with Gasteiger partial charge < -0.3 is 20.4 Å². The van der Waals surface area contributed by atoms with Crippen LogP contribution >= 0.6 is 15.9 Å². The third-order valence-electron chi connectivity index (χ3n) is 6.32. The molecule has 4 nitrogen and oxygen atoms in total. The van der Waals surface area contributed by atoms with E-state index in [1.807, 2.05) is 0 Å². The number of hydrogen-bond donors (Lipinski definition) is 4. The minimum atomic E-state index is -1.84. The van der Waals surface area contributed by atoms with Gasteiger partial charge in [-0.25, -0.2) is 8.78 Å². The number of rotatable bonds is 7. The van der Waals surface area contributed by atoms with Gasteiger partial charge in [0.15, 0.2) is 0 Å². The Hall–Kier alpha value is -1.60. The van der Waals surface area contributed by atoms with Crippen molar-refractivity contribution in [1.29, 1.82) is 0 Å². The minimum absolute atomic E-state index is 0.109. The molecule has 0 amide bonds. The molecule has 0 bridgehead atoms. The van der Waals surface area contributed by atoms with Crippen molar-refractivity contribution in [2.75, 3.05) is 13.2 Å². The molecule has 0 aliphatic rings. The van der Waals surface area contributed by atoms with Crippen LogP contribution in [-0.4, -0.2) is 41.7 Å². The molecule has 0 aromatic heterocycles. The fourth-order valence-electron chi connectivity index (χ4n) is 4.46. The molecule has 2 atom stereocenters. The average molecular weight is 572 g/mol. The zero-order valence-corrected chi connectivity index (χ0v) is 23.8. The summed E-state index contributed by atoms with van der Waals surface area (Å²) in [6.45, 7) is 12.5. The molecule has 0 aliphatic heterocycles. The summed E-state index contributed by atoms with van der Waals surface area (Å²) < 4.78 is 27.6. The van der Waals surface area contributed by atoms with E-state index >= 15 is 0 Å². The molecule has 0 aliphatic carbocycles. The van der Waals surface area contributed by atoms with Crippen LogP contribution in [0.4, 0.5) is 8.78 Å². The monoisotopic (exact) mass is 570 g/mol. The molecule has 35 heavy (non-hydrogen) atoms. The molecule has 8 heteroatoms. The van der Waals surface area contributed by atoms with E-state index in [2.05, 4.69) is 68.9 Å². The molecule has 0 radical (unpaired) electrons. The zero-order valence-electron chi connectivity index (χ0n) is 21.2. The summed E-state index contributed by atoms with van der Waals surface area (Å²) in [4.78, 5) is 0. The van der Waals surface area contributed by atoms with Crippen LogP contribution in [0, 0.1) is 23.1 Å². The second-order valence-electron chi connectivity index (χ2n) is 9.45. The highest BCUT2D eigenvalue weighted by Crippen LogP contribution is 2.40. The number of halogens is 3. The fourth-order valence-corrected chi connectivity index (χ4v) is 10.0. The summed E-state index contributed by atoms with van der Waals surface area (Å²) in [5.41, 5.74) is 5.96. The standard InChI is InChI=1S/C19H29FO2Si.C8H8BrFO2/c1-13(2)23(14(3)4,15(5)6)10-9-16-7-8-17(18(20)11-16)19(22)12-21;9-5-1-2-6(7(10)3-5)8(12)4-11/h7-8,11,13-15,19,21-22H,12H2,1-6H3;1-3,8,11-12H,4H2. The molecule has 0 fully saturated rings. The highest BCUT2D eigenvalue weighted by molar-refractivity contribution is 9.10. The Balaban J connectivity index is 0.000000427. The Kier molecular flexibility index (Phi) is 12.8. The van der Waals surface area contributed by atoms with Crippen LogP contribution in [0.15, 0.2) is 40.9 Å². The fraction of sp³-hybridized carbons (Fsp3) is 0.481. The summed E-state index contributed by atoms with van der Waals surface area (Å²) in [6, 6.07) is 8.85. The van der Waals surface area contributed by atoms with Crippen molar-refractivity contribution in [1.82, 2.24) is 0 Å². The van der Waals surface area contributed by atoms with Crippen molar-refractivity contribution in [3.05, 3.63) is 69.2 Å². The van der Waals surface area contributed by atoms with E-state index in [1.165, 1.54) is 24.3 Å². The summed E-state index contributed by atoms with van der Waals surface area (Å²) in [7, 11) is -1.84. The summed E-state index contributed by atoms with van der Waals surface area (Å²) in [5, 5.41) is 36.1. The number of aliphatic hydroxyl groups excluding tert-OH is 4.